The zero-order valence-corrected chi connectivity index (χ0v) is 9.92. The molecule has 16 heavy (non-hydrogen) atoms. The largest absolute Gasteiger partial charge is 0.470 e. The summed E-state index contributed by atoms with van der Waals surface area (Å²) in [6.07, 6.45) is 2.58. The van der Waals surface area contributed by atoms with Crippen LogP contribution in [-0.4, -0.2) is 22.5 Å². The molecular weight excluding hydrogens is 224 g/mol. The van der Waals surface area contributed by atoms with Crippen molar-refractivity contribution in [1.29, 1.82) is 0 Å². The number of thiocarbonyl (C=S) groups is 1. The van der Waals surface area contributed by atoms with Crippen molar-refractivity contribution < 1.29 is 9.53 Å². The summed E-state index contributed by atoms with van der Waals surface area (Å²) < 4.78 is 5.18. The first kappa shape index (κ1) is 12.6. The highest BCUT2D eigenvalue weighted by Gasteiger charge is 2.01. The number of ketones is 1. The van der Waals surface area contributed by atoms with E-state index in [1.165, 1.54) is 0 Å². The van der Waals surface area contributed by atoms with Crippen LogP contribution < -0.4 is 5.32 Å². The predicted molar refractivity (Wildman–Crippen MR) is 66.3 cm³/mol. The molecule has 0 fully saturated rings. The zero-order valence-electron chi connectivity index (χ0n) is 9.10. The van der Waals surface area contributed by atoms with Crippen molar-refractivity contribution >= 4 is 29.0 Å². The first-order chi connectivity index (χ1) is 7.72. The molecular formula is C11H14N2O2S. The van der Waals surface area contributed by atoms with Crippen molar-refractivity contribution in [2.45, 2.75) is 19.8 Å². The van der Waals surface area contributed by atoms with E-state index in [4.69, 9.17) is 17.0 Å². The molecule has 86 valence electrons. The summed E-state index contributed by atoms with van der Waals surface area (Å²) in [6.45, 7) is 2.14. The SMILES string of the molecule is CCC(=O)CCOC(=S)Nc1ccccn1. The molecule has 0 atom stereocenters. The van der Waals surface area contributed by atoms with Gasteiger partial charge in [-0.1, -0.05) is 13.0 Å². The summed E-state index contributed by atoms with van der Waals surface area (Å²) in [5, 5.41) is 3.06. The molecule has 0 unspecified atom stereocenters. The number of ether oxygens (including phenoxy) is 1. The molecule has 5 heteroatoms. The Bertz CT molecular complexity index is 354. The maximum absolute atomic E-state index is 11.0. The normalized spacial score (nSPS) is 9.56. The van der Waals surface area contributed by atoms with E-state index in [1.54, 1.807) is 12.3 Å². The second-order valence-electron chi connectivity index (χ2n) is 3.12. The van der Waals surface area contributed by atoms with Crippen LogP contribution in [0.3, 0.4) is 0 Å². The number of anilines is 1. The van der Waals surface area contributed by atoms with Crippen molar-refractivity contribution in [2.75, 3.05) is 11.9 Å². The Hall–Kier alpha value is -1.49. The van der Waals surface area contributed by atoms with Crippen LogP contribution in [0.5, 0.6) is 0 Å². The predicted octanol–water partition coefficient (Wildman–Crippen LogP) is 2.16. The molecule has 0 radical (unpaired) electrons. The third kappa shape index (κ3) is 4.84. The molecule has 0 aliphatic heterocycles. The lowest BCUT2D eigenvalue weighted by molar-refractivity contribution is -0.119. The zero-order chi connectivity index (χ0) is 11.8. The standard InChI is InChI=1S/C11H14N2O2S/c1-2-9(14)6-8-15-11(16)13-10-5-3-4-7-12-10/h3-5,7H,2,6,8H2,1H3,(H,12,13,16). The first-order valence-corrected chi connectivity index (χ1v) is 5.49. The Labute approximate surface area is 100 Å². The van der Waals surface area contributed by atoms with Crippen LogP contribution in [0.1, 0.15) is 19.8 Å². The average Bonchev–Trinajstić information content (AvgIpc) is 2.30. The molecule has 1 N–H and O–H groups in total. The molecule has 1 aromatic heterocycles. The van der Waals surface area contributed by atoms with Gasteiger partial charge in [-0.25, -0.2) is 4.98 Å². The molecule has 0 aromatic carbocycles. The highest BCUT2D eigenvalue weighted by Crippen LogP contribution is 2.01. The van der Waals surface area contributed by atoms with E-state index in [0.717, 1.165) is 0 Å². The van der Waals surface area contributed by atoms with Gasteiger partial charge in [-0.15, -0.1) is 0 Å². The number of pyridine rings is 1. The van der Waals surface area contributed by atoms with E-state index >= 15 is 0 Å². The maximum atomic E-state index is 11.0. The topological polar surface area (TPSA) is 51.2 Å². The Kier molecular flexibility index (Phi) is 5.42. The van der Waals surface area contributed by atoms with Crippen molar-refractivity contribution in [3.63, 3.8) is 0 Å². The van der Waals surface area contributed by atoms with E-state index < -0.39 is 0 Å². The van der Waals surface area contributed by atoms with Crippen molar-refractivity contribution in [1.82, 2.24) is 4.98 Å². The average molecular weight is 238 g/mol. The molecule has 0 saturated heterocycles. The third-order valence-electron chi connectivity index (χ3n) is 1.90. The molecule has 0 spiro atoms. The van der Waals surface area contributed by atoms with Gasteiger partial charge in [0.2, 0.25) is 0 Å². The summed E-state index contributed by atoms with van der Waals surface area (Å²) >= 11 is 4.94. The Morgan fingerprint density at radius 2 is 2.38 bits per heavy atom. The summed E-state index contributed by atoms with van der Waals surface area (Å²) in [7, 11) is 0. The van der Waals surface area contributed by atoms with Gasteiger partial charge in [0, 0.05) is 19.0 Å². The molecule has 0 bridgehead atoms. The van der Waals surface area contributed by atoms with Gasteiger partial charge in [-0.2, -0.15) is 0 Å². The van der Waals surface area contributed by atoms with Gasteiger partial charge in [0.1, 0.15) is 11.6 Å². The number of hydrogen-bond acceptors (Lipinski definition) is 4. The number of Topliss-reactive ketones (excluding diaryl/α,β-unsaturated/α-hetero) is 1. The minimum absolute atomic E-state index is 0.167. The lowest BCUT2D eigenvalue weighted by atomic mass is 10.2. The van der Waals surface area contributed by atoms with Crippen LogP contribution in [0.4, 0.5) is 5.82 Å². The minimum Gasteiger partial charge on any atom is -0.470 e. The van der Waals surface area contributed by atoms with Gasteiger partial charge in [-0.05, 0) is 24.4 Å². The van der Waals surface area contributed by atoms with E-state index in [9.17, 15) is 4.79 Å². The summed E-state index contributed by atoms with van der Waals surface area (Å²) in [6, 6.07) is 5.44. The molecule has 0 aliphatic carbocycles. The van der Waals surface area contributed by atoms with Gasteiger partial charge in [0.15, 0.2) is 0 Å². The first-order valence-electron chi connectivity index (χ1n) is 5.09. The summed E-state index contributed by atoms with van der Waals surface area (Å²) in [5.41, 5.74) is 0. The van der Waals surface area contributed by atoms with Gasteiger partial charge in [0.25, 0.3) is 5.17 Å². The number of aromatic nitrogens is 1. The van der Waals surface area contributed by atoms with E-state index in [1.807, 2.05) is 19.1 Å². The lowest BCUT2D eigenvalue weighted by Crippen LogP contribution is -2.16. The second-order valence-corrected chi connectivity index (χ2v) is 3.49. The van der Waals surface area contributed by atoms with E-state index in [0.29, 0.717) is 25.3 Å². The molecule has 1 heterocycles. The molecule has 0 amide bonds. The van der Waals surface area contributed by atoms with Crippen LogP contribution in [0, 0.1) is 0 Å². The van der Waals surface area contributed by atoms with Crippen LogP contribution in [-0.2, 0) is 9.53 Å². The third-order valence-corrected chi connectivity index (χ3v) is 2.12. The second kappa shape index (κ2) is 6.90. The minimum atomic E-state index is 0.167. The Balaban J connectivity index is 2.24. The van der Waals surface area contributed by atoms with Crippen molar-refractivity contribution in [3.05, 3.63) is 24.4 Å². The van der Waals surface area contributed by atoms with E-state index in [-0.39, 0.29) is 11.0 Å². The van der Waals surface area contributed by atoms with Crippen LogP contribution in [0.15, 0.2) is 24.4 Å². The van der Waals surface area contributed by atoms with Gasteiger partial charge in [0.05, 0.1) is 6.61 Å². The monoisotopic (exact) mass is 238 g/mol. The molecule has 1 rings (SSSR count). The fraction of sp³-hybridized carbons (Fsp3) is 0.364. The Morgan fingerprint density at radius 3 is 3.00 bits per heavy atom. The highest BCUT2D eigenvalue weighted by atomic mass is 32.1. The van der Waals surface area contributed by atoms with E-state index in [2.05, 4.69) is 10.3 Å². The number of carbonyl (C=O) groups excluding carboxylic acids is 1. The lowest BCUT2D eigenvalue weighted by Gasteiger charge is -2.08. The molecule has 4 nitrogen and oxygen atoms in total. The van der Waals surface area contributed by atoms with Crippen LogP contribution in [0.2, 0.25) is 0 Å². The fourth-order valence-corrected chi connectivity index (χ4v) is 1.20. The number of rotatable bonds is 5. The van der Waals surface area contributed by atoms with Crippen LogP contribution >= 0.6 is 12.2 Å². The maximum Gasteiger partial charge on any atom is 0.262 e. The number of carbonyl (C=O) groups is 1. The van der Waals surface area contributed by atoms with Gasteiger partial charge >= 0.3 is 0 Å². The quantitative estimate of drug-likeness (QED) is 0.797. The van der Waals surface area contributed by atoms with Gasteiger partial charge in [-0.3, -0.25) is 4.79 Å². The highest BCUT2D eigenvalue weighted by molar-refractivity contribution is 7.80. The summed E-state index contributed by atoms with van der Waals surface area (Å²) in [5.74, 6) is 0.801. The fourth-order valence-electron chi connectivity index (χ4n) is 1.01. The molecule has 0 aliphatic rings. The number of nitrogens with one attached hydrogen (secondary N) is 1. The number of nitrogens with zero attached hydrogens (tertiary/aromatic N) is 1. The summed E-state index contributed by atoms with van der Waals surface area (Å²) in [4.78, 5) is 15.0. The van der Waals surface area contributed by atoms with Crippen molar-refractivity contribution in [2.24, 2.45) is 0 Å². The Morgan fingerprint density at radius 1 is 1.56 bits per heavy atom. The number of hydrogen-bond donors (Lipinski definition) is 1. The van der Waals surface area contributed by atoms with Crippen LogP contribution in [0.25, 0.3) is 0 Å². The smallest absolute Gasteiger partial charge is 0.262 e. The van der Waals surface area contributed by atoms with Crippen molar-refractivity contribution in [3.8, 4) is 0 Å². The molecule has 0 saturated carbocycles. The molecule has 1 aromatic rings. The van der Waals surface area contributed by atoms with Gasteiger partial charge < -0.3 is 10.1 Å².